The Bertz CT molecular complexity index is 764. The lowest BCUT2D eigenvalue weighted by molar-refractivity contribution is -0.130. The van der Waals surface area contributed by atoms with Crippen molar-refractivity contribution >= 4 is 28.8 Å². The summed E-state index contributed by atoms with van der Waals surface area (Å²) in [5.74, 6) is -0.124. The molecule has 3 rings (SSSR count). The molecule has 0 unspecified atom stereocenters. The third-order valence-corrected chi connectivity index (χ3v) is 5.61. The summed E-state index contributed by atoms with van der Waals surface area (Å²) in [6.45, 7) is 1.85. The molecule has 27 heavy (non-hydrogen) atoms. The molecular weight excluding hydrogens is 362 g/mol. The van der Waals surface area contributed by atoms with Gasteiger partial charge >= 0.3 is 0 Å². The standard InChI is InChI=1S/C20H25N3O3S/c1-26-12-10-21-20(25)15-6-2-3-7-16(15)22-14-19(24)23-11-4-8-17(23)18-9-5-13-27-18/h2-3,5-7,9,13,17,22H,4,8,10-12,14H2,1H3,(H,21,25)/t17-/m0/s1. The summed E-state index contributed by atoms with van der Waals surface area (Å²) in [4.78, 5) is 28.3. The van der Waals surface area contributed by atoms with Gasteiger partial charge in [-0.2, -0.15) is 0 Å². The first-order chi connectivity index (χ1) is 13.2. The Morgan fingerprint density at radius 1 is 1.26 bits per heavy atom. The van der Waals surface area contributed by atoms with Crippen LogP contribution in [0.5, 0.6) is 0 Å². The fraction of sp³-hybridized carbons (Fsp3) is 0.400. The van der Waals surface area contributed by atoms with Gasteiger partial charge < -0.3 is 20.3 Å². The van der Waals surface area contributed by atoms with Crippen LogP contribution in [0.2, 0.25) is 0 Å². The number of carbonyl (C=O) groups excluding carboxylic acids is 2. The van der Waals surface area contributed by atoms with E-state index in [0.29, 0.717) is 24.4 Å². The van der Waals surface area contributed by atoms with Gasteiger partial charge in [-0.25, -0.2) is 0 Å². The molecule has 1 fully saturated rings. The maximum Gasteiger partial charge on any atom is 0.253 e. The third kappa shape index (κ3) is 4.87. The number of anilines is 1. The van der Waals surface area contributed by atoms with Gasteiger partial charge in [0.2, 0.25) is 5.91 Å². The summed E-state index contributed by atoms with van der Waals surface area (Å²) in [7, 11) is 1.59. The molecule has 144 valence electrons. The number of ether oxygens (including phenoxy) is 1. The molecule has 1 aliphatic heterocycles. The van der Waals surface area contributed by atoms with Gasteiger partial charge in [0.05, 0.1) is 24.8 Å². The predicted octanol–water partition coefficient (Wildman–Crippen LogP) is 2.90. The molecule has 0 radical (unpaired) electrons. The van der Waals surface area contributed by atoms with Crippen molar-refractivity contribution in [1.82, 2.24) is 10.2 Å². The molecule has 0 aliphatic carbocycles. The van der Waals surface area contributed by atoms with Crippen LogP contribution in [0, 0.1) is 0 Å². The van der Waals surface area contributed by atoms with Crippen LogP contribution in [-0.2, 0) is 9.53 Å². The molecule has 1 aliphatic rings. The van der Waals surface area contributed by atoms with E-state index in [9.17, 15) is 9.59 Å². The number of hydrogen-bond acceptors (Lipinski definition) is 5. The number of thiophene rings is 1. The highest BCUT2D eigenvalue weighted by atomic mass is 32.1. The highest BCUT2D eigenvalue weighted by Crippen LogP contribution is 2.34. The number of para-hydroxylation sites is 1. The Hall–Kier alpha value is -2.38. The maximum absolute atomic E-state index is 12.8. The van der Waals surface area contributed by atoms with Crippen LogP contribution in [0.4, 0.5) is 5.69 Å². The van der Waals surface area contributed by atoms with Crippen molar-refractivity contribution in [1.29, 1.82) is 0 Å². The average molecular weight is 388 g/mol. The minimum absolute atomic E-state index is 0.0560. The number of amides is 2. The van der Waals surface area contributed by atoms with E-state index in [1.807, 2.05) is 34.5 Å². The highest BCUT2D eigenvalue weighted by molar-refractivity contribution is 7.10. The van der Waals surface area contributed by atoms with Crippen LogP contribution in [0.15, 0.2) is 41.8 Å². The minimum Gasteiger partial charge on any atom is -0.383 e. The largest absolute Gasteiger partial charge is 0.383 e. The zero-order valence-electron chi connectivity index (χ0n) is 15.4. The number of methoxy groups -OCH3 is 1. The molecule has 1 aromatic carbocycles. The van der Waals surface area contributed by atoms with Gasteiger partial charge in [-0.1, -0.05) is 18.2 Å². The predicted molar refractivity (Wildman–Crippen MR) is 107 cm³/mol. The normalized spacial score (nSPS) is 16.3. The molecule has 1 atom stereocenters. The van der Waals surface area contributed by atoms with Gasteiger partial charge in [-0.3, -0.25) is 9.59 Å². The van der Waals surface area contributed by atoms with Crippen LogP contribution in [0.25, 0.3) is 0 Å². The number of nitrogens with zero attached hydrogens (tertiary/aromatic N) is 1. The second-order valence-electron chi connectivity index (χ2n) is 6.41. The molecule has 0 bridgehead atoms. The maximum atomic E-state index is 12.8. The minimum atomic E-state index is -0.180. The van der Waals surface area contributed by atoms with Crippen molar-refractivity contribution < 1.29 is 14.3 Å². The molecule has 1 aromatic heterocycles. The van der Waals surface area contributed by atoms with E-state index in [2.05, 4.69) is 16.7 Å². The van der Waals surface area contributed by atoms with Crippen molar-refractivity contribution in [3.8, 4) is 0 Å². The topological polar surface area (TPSA) is 70.7 Å². The Kier molecular flexibility index (Phi) is 6.84. The molecule has 2 aromatic rings. The molecule has 0 spiro atoms. The van der Waals surface area contributed by atoms with E-state index in [1.165, 1.54) is 4.88 Å². The number of rotatable bonds is 8. The van der Waals surface area contributed by atoms with Gasteiger partial charge in [0.15, 0.2) is 0 Å². The summed E-state index contributed by atoms with van der Waals surface area (Å²) >= 11 is 1.69. The van der Waals surface area contributed by atoms with Crippen LogP contribution < -0.4 is 10.6 Å². The third-order valence-electron chi connectivity index (χ3n) is 4.64. The molecule has 7 heteroatoms. The molecule has 0 saturated carbocycles. The van der Waals surface area contributed by atoms with Crippen LogP contribution in [-0.4, -0.2) is 50.1 Å². The van der Waals surface area contributed by atoms with Crippen molar-refractivity contribution in [3.63, 3.8) is 0 Å². The fourth-order valence-corrected chi connectivity index (χ4v) is 4.18. The second kappa shape index (κ2) is 9.53. The lowest BCUT2D eigenvalue weighted by Gasteiger charge is -2.24. The Labute approximate surface area is 163 Å². The first-order valence-electron chi connectivity index (χ1n) is 9.13. The van der Waals surface area contributed by atoms with E-state index < -0.39 is 0 Å². The van der Waals surface area contributed by atoms with E-state index >= 15 is 0 Å². The number of benzene rings is 1. The SMILES string of the molecule is COCCNC(=O)c1ccccc1NCC(=O)N1CCC[C@H]1c1cccs1. The van der Waals surface area contributed by atoms with E-state index in [-0.39, 0.29) is 24.4 Å². The fourth-order valence-electron chi connectivity index (χ4n) is 3.31. The van der Waals surface area contributed by atoms with Crippen molar-refractivity contribution in [3.05, 3.63) is 52.2 Å². The summed E-state index contributed by atoms with van der Waals surface area (Å²) in [6, 6.07) is 11.5. The quantitative estimate of drug-likeness (QED) is 0.684. The van der Waals surface area contributed by atoms with Gasteiger partial charge in [0.25, 0.3) is 5.91 Å². The Morgan fingerprint density at radius 2 is 2.11 bits per heavy atom. The van der Waals surface area contributed by atoms with E-state index in [1.54, 1.807) is 24.5 Å². The summed E-state index contributed by atoms with van der Waals surface area (Å²) in [5, 5.41) is 8.01. The van der Waals surface area contributed by atoms with Gasteiger partial charge in [-0.05, 0) is 36.4 Å². The van der Waals surface area contributed by atoms with Crippen LogP contribution in [0.1, 0.15) is 34.1 Å². The van der Waals surface area contributed by atoms with Crippen molar-refractivity contribution in [2.24, 2.45) is 0 Å². The molecule has 1 saturated heterocycles. The molecule has 6 nitrogen and oxygen atoms in total. The number of hydrogen-bond donors (Lipinski definition) is 2. The van der Waals surface area contributed by atoms with E-state index in [0.717, 1.165) is 19.4 Å². The second-order valence-corrected chi connectivity index (χ2v) is 7.39. The number of nitrogens with one attached hydrogen (secondary N) is 2. The Balaban J connectivity index is 1.61. The first kappa shape index (κ1) is 19.4. The number of likely N-dealkylation sites (tertiary alicyclic amines) is 1. The first-order valence-corrected chi connectivity index (χ1v) is 10.0. The zero-order chi connectivity index (χ0) is 19.1. The average Bonchev–Trinajstić information content (AvgIpc) is 3.37. The monoisotopic (exact) mass is 387 g/mol. The van der Waals surface area contributed by atoms with Crippen LogP contribution >= 0.6 is 11.3 Å². The molecule has 2 heterocycles. The van der Waals surface area contributed by atoms with Crippen molar-refractivity contribution in [2.45, 2.75) is 18.9 Å². The number of carbonyl (C=O) groups is 2. The molecule has 2 amide bonds. The Morgan fingerprint density at radius 3 is 2.89 bits per heavy atom. The zero-order valence-corrected chi connectivity index (χ0v) is 16.3. The van der Waals surface area contributed by atoms with Crippen molar-refractivity contribution in [2.75, 3.05) is 38.7 Å². The summed E-state index contributed by atoms with van der Waals surface area (Å²) in [5.41, 5.74) is 1.19. The molecular formula is C20H25N3O3S. The highest BCUT2D eigenvalue weighted by Gasteiger charge is 2.30. The van der Waals surface area contributed by atoms with E-state index in [4.69, 9.17) is 4.74 Å². The van der Waals surface area contributed by atoms with Gasteiger partial charge in [-0.15, -0.1) is 11.3 Å². The lowest BCUT2D eigenvalue weighted by atomic mass is 10.1. The van der Waals surface area contributed by atoms with Gasteiger partial charge in [0, 0.05) is 30.8 Å². The lowest BCUT2D eigenvalue weighted by Crippen LogP contribution is -2.35. The van der Waals surface area contributed by atoms with Gasteiger partial charge in [0.1, 0.15) is 0 Å². The van der Waals surface area contributed by atoms with Crippen LogP contribution in [0.3, 0.4) is 0 Å². The summed E-state index contributed by atoms with van der Waals surface area (Å²) in [6.07, 6.45) is 2.03. The smallest absolute Gasteiger partial charge is 0.253 e. The molecule has 2 N–H and O–H groups in total. The summed E-state index contributed by atoms with van der Waals surface area (Å²) < 4.78 is 4.96.